The minimum atomic E-state index is 0.201. The minimum Gasteiger partial charge on any atom is -0.491 e. The first-order chi connectivity index (χ1) is 13.1. The molecule has 4 rings (SSSR count). The van der Waals surface area contributed by atoms with E-state index in [0.29, 0.717) is 17.8 Å². The highest BCUT2D eigenvalue weighted by molar-refractivity contribution is 5.27. The lowest BCUT2D eigenvalue weighted by Gasteiger charge is -2.16. The van der Waals surface area contributed by atoms with E-state index >= 15 is 0 Å². The predicted octanol–water partition coefficient (Wildman–Crippen LogP) is 3.33. The molecule has 6 heteroatoms. The van der Waals surface area contributed by atoms with E-state index in [1.165, 1.54) is 18.4 Å². The fraction of sp³-hybridized carbons (Fsp3) is 0.619. The van der Waals surface area contributed by atoms with Crippen LogP contribution in [0.2, 0.25) is 0 Å². The lowest BCUT2D eigenvalue weighted by Crippen LogP contribution is -2.21. The summed E-state index contributed by atoms with van der Waals surface area (Å²) < 4.78 is 11.2. The van der Waals surface area contributed by atoms with E-state index in [9.17, 15) is 0 Å². The second-order valence-corrected chi connectivity index (χ2v) is 8.18. The van der Waals surface area contributed by atoms with Crippen LogP contribution in [-0.4, -0.2) is 53.0 Å². The SMILES string of the molecule is COC[C@@H]1CN(Cc2ccc(OC(C)C)cc2)C[C@H]1c1nc(C2CC2)n[nH]1. The Labute approximate surface area is 161 Å². The number of ether oxygens (including phenoxy) is 2. The Morgan fingerprint density at radius 3 is 2.63 bits per heavy atom. The maximum absolute atomic E-state index is 5.74. The molecule has 0 spiro atoms. The third kappa shape index (κ3) is 4.50. The van der Waals surface area contributed by atoms with E-state index in [1.54, 1.807) is 7.11 Å². The normalized spacial score (nSPS) is 23.3. The van der Waals surface area contributed by atoms with E-state index in [4.69, 9.17) is 14.5 Å². The van der Waals surface area contributed by atoms with Crippen molar-refractivity contribution in [3.8, 4) is 5.75 Å². The summed E-state index contributed by atoms with van der Waals surface area (Å²) in [5.41, 5.74) is 1.30. The highest BCUT2D eigenvalue weighted by atomic mass is 16.5. The molecule has 0 radical (unpaired) electrons. The number of H-pyrrole nitrogens is 1. The summed E-state index contributed by atoms with van der Waals surface area (Å²) in [6.45, 7) is 7.78. The first-order valence-corrected chi connectivity index (χ1v) is 10.0. The molecule has 146 valence electrons. The second-order valence-electron chi connectivity index (χ2n) is 8.18. The number of aromatic nitrogens is 3. The van der Waals surface area contributed by atoms with Gasteiger partial charge >= 0.3 is 0 Å². The summed E-state index contributed by atoms with van der Waals surface area (Å²) in [6, 6.07) is 8.45. The number of hydrogen-bond acceptors (Lipinski definition) is 5. The number of aromatic amines is 1. The molecule has 1 aromatic heterocycles. The zero-order chi connectivity index (χ0) is 18.8. The molecule has 2 aromatic rings. The number of rotatable bonds is 8. The molecule has 2 aliphatic rings. The summed E-state index contributed by atoms with van der Waals surface area (Å²) >= 11 is 0. The van der Waals surface area contributed by atoms with Crippen molar-refractivity contribution in [1.82, 2.24) is 20.1 Å². The molecule has 0 amide bonds. The maximum atomic E-state index is 5.74. The second kappa shape index (κ2) is 7.98. The lowest BCUT2D eigenvalue weighted by atomic mass is 9.96. The highest BCUT2D eigenvalue weighted by Gasteiger charge is 2.37. The molecule has 1 aliphatic carbocycles. The smallest absolute Gasteiger partial charge is 0.153 e. The van der Waals surface area contributed by atoms with Gasteiger partial charge in [-0.2, -0.15) is 5.10 Å². The van der Waals surface area contributed by atoms with Gasteiger partial charge in [-0.25, -0.2) is 4.98 Å². The van der Waals surface area contributed by atoms with Crippen molar-refractivity contribution in [2.45, 2.75) is 51.2 Å². The predicted molar refractivity (Wildman–Crippen MR) is 104 cm³/mol. The van der Waals surface area contributed by atoms with Crippen LogP contribution in [-0.2, 0) is 11.3 Å². The van der Waals surface area contributed by atoms with Crippen molar-refractivity contribution in [3.05, 3.63) is 41.5 Å². The van der Waals surface area contributed by atoms with Crippen molar-refractivity contribution in [1.29, 1.82) is 0 Å². The van der Waals surface area contributed by atoms with Crippen molar-refractivity contribution in [3.63, 3.8) is 0 Å². The summed E-state index contributed by atoms with van der Waals surface area (Å²) in [5, 5.41) is 7.66. The molecule has 27 heavy (non-hydrogen) atoms. The van der Waals surface area contributed by atoms with Gasteiger partial charge in [0, 0.05) is 44.5 Å². The van der Waals surface area contributed by atoms with Gasteiger partial charge in [-0.3, -0.25) is 10.00 Å². The molecule has 0 bridgehead atoms. The molecular formula is C21H30N4O2. The Hall–Kier alpha value is -1.92. The lowest BCUT2D eigenvalue weighted by molar-refractivity contribution is 0.146. The Bertz CT molecular complexity index is 739. The van der Waals surface area contributed by atoms with Crippen LogP contribution in [0.3, 0.4) is 0 Å². The molecule has 2 atom stereocenters. The monoisotopic (exact) mass is 370 g/mol. The molecule has 1 aliphatic heterocycles. The largest absolute Gasteiger partial charge is 0.491 e. The molecule has 6 nitrogen and oxygen atoms in total. The number of nitrogens with one attached hydrogen (secondary N) is 1. The van der Waals surface area contributed by atoms with Gasteiger partial charge in [0.2, 0.25) is 0 Å². The maximum Gasteiger partial charge on any atom is 0.153 e. The van der Waals surface area contributed by atoms with Crippen LogP contribution in [0.4, 0.5) is 0 Å². The van der Waals surface area contributed by atoms with E-state index in [2.05, 4.69) is 39.4 Å². The molecule has 1 saturated heterocycles. The highest BCUT2D eigenvalue weighted by Crippen LogP contribution is 2.39. The summed E-state index contributed by atoms with van der Waals surface area (Å²) in [7, 11) is 1.78. The number of methoxy groups -OCH3 is 1. The Kier molecular flexibility index (Phi) is 5.45. The topological polar surface area (TPSA) is 63.3 Å². The standard InChI is InChI=1S/C21H30N4O2/c1-14(2)27-18-8-4-15(5-9-18)10-25-11-17(13-26-3)19(12-25)21-22-20(23-24-21)16-6-7-16/h4-5,8-9,14,16-17,19H,6-7,10-13H2,1-3H3,(H,22,23,24)/t17-,19+/m0/s1. The minimum absolute atomic E-state index is 0.201. The van der Waals surface area contributed by atoms with E-state index < -0.39 is 0 Å². The van der Waals surface area contributed by atoms with Gasteiger partial charge < -0.3 is 9.47 Å². The van der Waals surface area contributed by atoms with Crippen LogP contribution in [0.5, 0.6) is 5.75 Å². The molecule has 0 unspecified atom stereocenters. The Morgan fingerprint density at radius 1 is 1.19 bits per heavy atom. The van der Waals surface area contributed by atoms with E-state index in [-0.39, 0.29) is 6.10 Å². The Balaban J connectivity index is 1.41. The fourth-order valence-electron chi connectivity index (χ4n) is 3.96. The first-order valence-electron chi connectivity index (χ1n) is 10.0. The van der Waals surface area contributed by atoms with Gasteiger partial charge in [-0.05, 0) is 44.4 Å². The molecular weight excluding hydrogens is 340 g/mol. The van der Waals surface area contributed by atoms with Crippen molar-refractivity contribution in [2.75, 3.05) is 26.8 Å². The summed E-state index contributed by atoms with van der Waals surface area (Å²) in [5.74, 6) is 4.34. The first kappa shape index (κ1) is 18.4. The van der Waals surface area contributed by atoms with Gasteiger partial charge in [0.15, 0.2) is 5.82 Å². The van der Waals surface area contributed by atoms with Crippen molar-refractivity contribution < 1.29 is 9.47 Å². The van der Waals surface area contributed by atoms with Gasteiger partial charge in [-0.15, -0.1) is 0 Å². The van der Waals surface area contributed by atoms with Gasteiger partial charge in [0.1, 0.15) is 11.6 Å². The summed E-state index contributed by atoms with van der Waals surface area (Å²) in [6.07, 6.45) is 2.66. The van der Waals surface area contributed by atoms with Crippen molar-refractivity contribution >= 4 is 0 Å². The van der Waals surface area contributed by atoms with Gasteiger partial charge in [0.05, 0.1) is 12.7 Å². The molecule has 2 fully saturated rings. The third-order valence-electron chi connectivity index (χ3n) is 5.41. The Morgan fingerprint density at radius 2 is 1.96 bits per heavy atom. The number of nitrogens with zero attached hydrogens (tertiary/aromatic N) is 3. The van der Waals surface area contributed by atoms with Crippen LogP contribution in [0.25, 0.3) is 0 Å². The average molecular weight is 370 g/mol. The van der Waals surface area contributed by atoms with Gasteiger partial charge in [-0.1, -0.05) is 12.1 Å². The van der Waals surface area contributed by atoms with Crippen LogP contribution in [0.15, 0.2) is 24.3 Å². The fourth-order valence-corrected chi connectivity index (χ4v) is 3.96. The van der Waals surface area contributed by atoms with E-state index in [1.807, 2.05) is 13.8 Å². The van der Waals surface area contributed by atoms with Crippen LogP contribution in [0.1, 0.15) is 55.7 Å². The summed E-state index contributed by atoms with van der Waals surface area (Å²) in [4.78, 5) is 7.29. The van der Waals surface area contributed by atoms with E-state index in [0.717, 1.165) is 43.6 Å². The van der Waals surface area contributed by atoms with Crippen LogP contribution < -0.4 is 4.74 Å². The van der Waals surface area contributed by atoms with Crippen LogP contribution >= 0.6 is 0 Å². The zero-order valence-electron chi connectivity index (χ0n) is 16.5. The zero-order valence-corrected chi connectivity index (χ0v) is 16.5. The molecule has 1 aromatic carbocycles. The van der Waals surface area contributed by atoms with Gasteiger partial charge in [0.25, 0.3) is 0 Å². The average Bonchev–Trinajstić information content (AvgIpc) is 3.24. The van der Waals surface area contributed by atoms with Crippen LogP contribution in [0, 0.1) is 5.92 Å². The van der Waals surface area contributed by atoms with Crippen molar-refractivity contribution in [2.24, 2.45) is 5.92 Å². The number of hydrogen-bond donors (Lipinski definition) is 1. The number of benzene rings is 1. The molecule has 1 saturated carbocycles. The third-order valence-corrected chi connectivity index (χ3v) is 5.41. The number of likely N-dealkylation sites (tertiary alicyclic amines) is 1. The molecule has 1 N–H and O–H groups in total. The molecule has 2 heterocycles. The quantitative estimate of drug-likeness (QED) is 0.772.